The summed E-state index contributed by atoms with van der Waals surface area (Å²) in [6.07, 6.45) is 9.17. The van der Waals surface area contributed by atoms with Gasteiger partial charge in [0.2, 0.25) is 0 Å². The number of H-pyrrole nitrogens is 1. The van der Waals surface area contributed by atoms with Crippen molar-refractivity contribution >= 4 is 11.7 Å². The Kier molecular flexibility index (Phi) is 4.38. The summed E-state index contributed by atoms with van der Waals surface area (Å²) >= 11 is 0. The molecule has 3 heterocycles. The summed E-state index contributed by atoms with van der Waals surface area (Å²) in [4.78, 5) is 31.4. The zero-order chi connectivity index (χ0) is 18.1. The van der Waals surface area contributed by atoms with E-state index in [4.69, 9.17) is 4.98 Å². The number of carbonyl (C=O) groups is 1. The van der Waals surface area contributed by atoms with Crippen molar-refractivity contribution in [3.63, 3.8) is 0 Å². The van der Waals surface area contributed by atoms with E-state index in [2.05, 4.69) is 45.1 Å². The number of aromatic nitrogens is 4. The quantitative estimate of drug-likeness (QED) is 0.860. The van der Waals surface area contributed by atoms with Crippen molar-refractivity contribution in [2.45, 2.75) is 64.0 Å². The first-order valence-electron chi connectivity index (χ1n) is 9.60. The van der Waals surface area contributed by atoms with Gasteiger partial charge in [-0.15, -0.1) is 0 Å². The van der Waals surface area contributed by atoms with Crippen LogP contribution in [0.5, 0.6) is 0 Å². The molecule has 1 saturated heterocycles. The summed E-state index contributed by atoms with van der Waals surface area (Å²) in [5, 5.41) is 3.30. The fourth-order valence-electron chi connectivity index (χ4n) is 4.46. The minimum absolute atomic E-state index is 0.116. The first-order chi connectivity index (χ1) is 12.6. The van der Waals surface area contributed by atoms with Crippen molar-refractivity contribution < 1.29 is 4.79 Å². The van der Waals surface area contributed by atoms with Crippen molar-refractivity contribution in [3.8, 4) is 0 Å². The molecule has 0 aromatic carbocycles. The van der Waals surface area contributed by atoms with Gasteiger partial charge in [0.05, 0.1) is 11.6 Å². The van der Waals surface area contributed by atoms with Crippen molar-refractivity contribution in [3.05, 3.63) is 35.8 Å². The van der Waals surface area contributed by atoms with Gasteiger partial charge in [0, 0.05) is 37.1 Å². The Morgan fingerprint density at radius 3 is 2.96 bits per heavy atom. The van der Waals surface area contributed by atoms with Crippen molar-refractivity contribution in [2.75, 3.05) is 11.4 Å². The highest BCUT2D eigenvalue weighted by atomic mass is 16.2. The molecule has 2 unspecified atom stereocenters. The van der Waals surface area contributed by atoms with Gasteiger partial charge in [-0.25, -0.2) is 15.0 Å². The lowest BCUT2D eigenvalue weighted by Gasteiger charge is -2.33. The molecular formula is C19H26N6O. The maximum Gasteiger partial charge on any atom is 0.287 e. The Hall–Kier alpha value is -2.44. The highest BCUT2D eigenvalue weighted by molar-refractivity contribution is 5.91. The molecule has 26 heavy (non-hydrogen) atoms. The zero-order valence-corrected chi connectivity index (χ0v) is 15.5. The Morgan fingerprint density at radius 2 is 2.23 bits per heavy atom. The van der Waals surface area contributed by atoms with Gasteiger partial charge in [-0.1, -0.05) is 13.8 Å². The molecule has 7 heteroatoms. The molecule has 2 aromatic rings. The van der Waals surface area contributed by atoms with Crippen LogP contribution in [0.1, 0.15) is 61.7 Å². The third-order valence-electron chi connectivity index (χ3n) is 5.77. The molecule has 2 atom stereocenters. The number of nitrogens with zero attached hydrogens (tertiary/aromatic N) is 4. The third kappa shape index (κ3) is 2.85. The number of anilines is 1. The molecule has 1 aliphatic heterocycles. The second-order valence-corrected chi connectivity index (χ2v) is 7.24. The van der Waals surface area contributed by atoms with E-state index in [0.29, 0.717) is 5.82 Å². The van der Waals surface area contributed by atoms with Gasteiger partial charge in [-0.2, -0.15) is 0 Å². The van der Waals surface area contributed by atoms with Gasteiger partial charge in [0.15, 0.2) is 5.82 Å². The summed E-state index contributed by atoms with van der Waals surface area (Å²) in [7, 11) is 0. The van der Waals surface area contributed by atoms with Crippen LogP contribution in [0.2, 0.25) is 0 Å². The average Bonchev–Trinajstić information content (AvgIpc) is 3.37. The third-order valence-corrected chi connectivity index (χ3v) is 5.77. The molecule has 1 aliphatic carbocycles. The van der Waals surface area contributed by atoms with E-state index in [1.165, 1.54) is 0 Å². The predicted octanol–water partition coefficient (Wildman–Crippen LogP) is 2.26. The molecule has 2 fully saturated rings. The summed E-state index contributed by atoms with van der Waals surface area (Å²) in [6.45, 7) is 5.12. The Labute approximate surface area is 153 Å². The van der Waals surface area contributed by atoms with Crippen LogP contribution in [0.3, 0.4) is 0 Å². The number of rotatable bonds is 5. The van der Waals surface area contributed by atoms with E-state index in [1.807, 2.05) is 0 Å². The van der Waals surface area contributed by atoms with Gasteiger partial charge < -0.3 is 15.2 Å². The van der Waals surface area contributed by atoms with E-state index >= 15 is 0 Å². The van der Waals surface area contributed by atoms with Crippen LogP contribution >= 0.6 is 0 Å². The summed E-state index contributed by atoms with van der Waals surface area (Å²) in [6, 6.07) is 2.40. The fraction of sp³-hybridized carbons (Fsp3) is 0.579. The minimum atomic E-state index is -0.187. The molecule has 2 N–H and O–H groups in total. The van der Waals surface area contributed by atoms with Gasteiger partial charge in [-0.3, -0.25) is 4.79 Å². The van der Waals surface area contributed by atoms with E-state index in [1.54, 1.807) is 12.4 Å². The maximum atomic E-state index is 12.6. The molecule has 1 saturated carbocycles. The molecule has 1 amide bonds. The first-order valence-corrected chi connectivity index (χ1v) is 9.60. The number of imidazole rings is 1. The van der Waals surface area contributed by atoms with Gasteiger partial charge in [0.25, 0.3) is 5.91 Å². The van der Waals surface area contributed by atoms with Gasteiger partial charge in [0.1, 0.15) is 11.6 Å². The van der Waals surface area contributed by atoms with Crippen LogP contribution in [0.15, 0.2) is 18.5 Å². The van der Waals surface area contributed by atoms with E-state index in [0.717, 1.165) is 62.4 Å². The second-order valence-electron chi connectivity index (χ2n) is 7.24. The van der Waals surface area contributed by atoms with Crippen LogP contribution in [-0.2, 0) is 12.8 Å². The molecule has 0 spiro atoms. The summed E-state index contributed by atoms with van der Waals surface area (Å²) in [5.41, 5.74) is 0.898. The summed E-state index contributed by atoms with van der Waals surface area (Å²) < 4.78 is 0. The predicted molar refractivity (Wildman–Crippen MR) is 99.2 cm³/mol. The van der Waals surface area contributed by atoms with Crippen molar-refractivity contribution in [1.82, 2.24) is 25.3 Å². The smallest absolute Gasteiger partial charge is 0.287 e. The molecule has 4 rings (SSSR count). The Balaban J connectivity index is 1.60. The minimum Gasteiger partial charge on any atom is -0.351 e. The van der Waals surface area contributed by atoms with Gasteiger partial charge in [-0.05, 0) is 32.1 Å². The SMILES string of the molecule is CCc1cc(N2CCC3(NC(=O)c4ncc[nH]4)CCCC23)nc(CC)n1. The number of hydrogen-bond donors (Lipinski definition) is 2. The number of fused-ring (bicyclic) bond motifs is 1. The second kappa shape index (κ2) is 6.70. The number of hydrogen-bond acceptors (Lipinski definition) is 5. The fourth-order valence-corrected chi connectivity index (χ4v) is 4.46. The number of aryl methyl sites for hydroxylation is 2. The van der Waals surface area contributed by atoms with E-state index in [-0.39, 0.29) is 17.5 Å². The lowest BCUT2D eigenvalue weighted by molar-refractivity contribution is 0.0889. The Morgan fingerprint density at radius 1 is 1.35 bits per heavy atom. The first kappa shape index (κ1) is 17.0. The largest absolute Gasteiger partial charge is 0.351 e. The molecule has 7 nitrogen and oxygen atoms in total. The van der Waals surface area contributed by atoms with Crippen LogP contribution in [0.25, 0.3) is 0 Å². The highest BCUT2D eigenvalue weighted by Crippen LogP contribution is 2.43. The molecular weight excluding hydrogens is 328 g/mol. The monoisotopic (exact) mass is 354 g/mol. The van der Waals surface area contributed by atoms with Crippen molar-refractivity contribution in [1.29, 1.82) is 0 Å². The molecule has 2 aliphatic rings. The normalized spacial score (nSPS) is 24.7. The lowest BCUT2D eigenvalue weighted by Crippen LogP contribution is -2.54. The van der Waals surface area contributed by atoms with Crippen LogP contribution in [0.4, 0.5) is 5.82 Å². The molecule has 0 radical (unpaired) electrons. The zero-order valence-electron chi connectivity index (χ0n) is 15.5. The number of nitrogens with one attached hydrogen (secondary N) is 2. The van der Waals surface area contributed by atoms with Crippen LogP contribution < -0.4 is 10.2 Å². The van der Waals surface area contributed by atoms with Crippen LogP contribution in [-0.4, -0.2) is 44.0 Å². The lowest BCUT2D eigenvalue weighted by atomic mass is 9.93. The Bertz CT molecular complexity index is 767. The topological polar surface area (TPSA) is 86.8 Å². The average molecular weight is 354 g/mol. The molecule has 138 valence electrons. The van der Waals surface area contributed by atoms with Crippen LogP contribution in [0, 0.1) is 0 Å². The maximum absolute atomic E-state index is 12.6. The number of amides is 1. The molecule has 0 bridgehead atoms. The van der Waals surface area contributed by atoms with Crippen molar-refractivity contribution in [2.24, 2.45) is 0 Å². The van der Waals surface area contributed by atoms with E-state index < -0.39 is 0 Å². The number of carbonyl (C=O) groups excluding carboxylic acids is 1. The molecule has 2 aromatic heterocycles. The number of aromatic amines is 1. The van der Waals surface area contributed by atoms with E-state index in [9.17, 15) is 4.79 Å². The van der Waals surface area contributed by atoms with Gasteiger partial charge >= 0.3 is 0 Å². The summed E-state index contributed by atoms with van der Waals surface area (Å²) in [5.74, 6) is 2.17. The standard InChI is InChI=1S/C19H26N6O/c1-3-13-12-16(23-15(4-2)22-13)25-11-8-19(7-5-6-14(19)25)24-18(26)17-20-9-10-21-17/h9-10,12,14H,3-8,11H2,1-2H3,(H,20,21)(H,24,26). The highest BCUT2D eigenvalue weighted by Gasteiger charge is 2.52.